The van der Waals surface area contributed by atoms with Crippen LogP contribution < -0.4 is 16.2 Å². The van der Waals surface area contributed by atoms with Gasteiger partial charge in [-0.1, -0.05) is 24.3 Å². The number of rotatable bonds is 9. The molecule has 1 aromatic carbocycles. The predicted molar refractivity (Wildman–Crippen MR) is 135 cm³/mol. The van der Waals surface area contributed by atoms with Gasteiger partial charge >= 0.3 is 0 Å². The molecule has 0 spiro atoms. The van der Waals surface area contributed by atoms with Gasteiger partial charge < -0.3 is 10.6 Å². The summed E-state index contributed by atoms with van der Waals surface area (Å²) in [6.07, 6.45) is 6.78. The zero-order valence-electron chi connectivity index (χ0n) is 19.8. The first-order chi connectivity index (χ1) is 16.0. The Morgan fingerprint density at radius 3 is 2.56 bits per heavy atom. The molecule has 0 radical (unpaired) electrons. The number of hydrogen-bond donors (Lipinski definition) is 4. The molecule has 0 saturated heterocycles. The van der Waals surface area contributed by atoms with Crippen LogP contribution in [0.4, 0.5) is 5.69 Å². The van der Waals surface area contributed by atoms with Crippen molar-refractivity contribution in [2.45, 2.75) is 51.9 Å². The van der Waals surface area contributed by atoms with Gasteiger partial charge in [0.1, 0.15) is 0 Å². The van der Waals surface area contributed by atoms with Crippen molar-refractivity contribution >= 4 is 21.7 Å². The highest BCUT2D eigenvalue weighted by atomic mass is 32.2. The van der Waals surface area contributed by atoms with Gasteiger partial charge in [0.15, 0.2) is 0 Å². The highest BCUT2D eigenvalue weighted by molar-refractivity contribution is 7.85. The Labute approximate surface area is 200 Å². The second kappa shape index (κ2) is 13.2. The fourth-order valence-electron chi connectivity index (χ4n) is 3.70. The SMILES string of the molecule is C=C(C)CNCCCCC(=O)Nc1cccc(-c2n[nH]c(=O)c3c2CCCC3)c1.CS(=O)(=O)O. The molecule has 1 aliphatic carbocycles. The molecule has 1 amide bonds. The van der Waals surface area contributed by atoms with Crippen LogP contribution in [0.5, 0.6) is 0 Å². The number of fused-ring (bicyclic) bond motifs is 1. The summed E-state index contributed by atoms with van der Waals surface area (Å²) in [5, 5.41) is 13.2. The molecule has 0 saturated carbocycles. The topological polar surface area (TPSA) is 141 Å². The molecule has 186 valence electrons. The standard InChI is InChI=1S/C23H30N4O2.CH4O3S/c1-16(2)15-24-13-6-5-12-21(28)25-18-9-7-8-17(14-18)22-19-10-3-4-11-20(19)23(29)27-26-22;1-5(2,3)4/h7-9,14,24H,1,3-6,10-13,15H2,2H3,(H,25,28)(H,27,29);1H3,(H,2,3,4). The van der Waals surface area contributed by atoms with Gasteiger partial charge in [-0.25, -0.2) is 5.10 Å². The maximum absolute atomic E-state index is 12.3. The summed E-state index contributed by atoms with van der Waals surface area (Å²) in [7, 11) is -3.67. The molecule has 3 rings (SSSR count). The molecule has 0 bridgehead atoms. The number of carbonyl (C=O) groups excluding carboxylic acids is 1. The van der Waals surface area contributed by atoms with Crippen molar-refractivity contribution in [1.29, 1.82) is 0 Å². The maximum atomic E-state index is 12.3. The number of unbranched alkanes of at least 4 members (excludes halogenated alkanes) is 1. The van der Waals surface area contributed by atoms with Crippen LogP contribution in [0.2, 0.25) is 0 Å². The number of anilines is 1. The number of aromatic nitrogens is 2. The van der Waals surface area contributed by atoms with Crippen molar-refractivity contribution < 1.29 is 17.8 Å². The van der Waals surface area contributed by atoms with Gasteiger partial charge in [-0.15, -0.1) is 0 Å². The molecular weight excluding hydrogens is 456 g/mol. The number of amides is 1. The molecule has 1 aromatic heterocycles. The van der Waals surface area contributed by atoms with Crippen molar-refractivity contribution in [3.8, 4) is 11.3 Å². The zero-order valence-corrected chi connectivity index (χ0v) is 20.6. The van der Waals surface area contributed by atoms with E-state index in [-0.39, 0.29) is 11.5 Å². The number of H-pyrrole nitrogens is 1. The largest absolute Gasteiger partial charge is 0.326 e. The lowest BCUT2D eigenvalue weighted by atomic mass is 9.90. The summed E-state index contributed by atoms with van der Waals surface area (Å²) in [6, 6.07) is 7.70. The second-order valence-corrected chi connectivity index (χ2v) is 9.98. The minimum Gasteiger partial charge on any atom is -0.326 e. The molecule has 34 heavy (non-hydrogen) atoms. The lowest BCUT2D eigenvalue weighted by molar-refractivity contribution is -0.116. The first-order valence-electron chi connectivity index (χ1n) is 11.3. The van der Waals surface area contributed by atoms with E-state index in [1.807, 2.05) is 31.2 Å². The fraction of sp³-hybridized carbons (Fsp3) is 0.458. The van der Waals surface area contributed by atoms with E-state index in [9.17, 15) is 18.0 Å². The van der Waals surface area contributed by atoms with Gasteiger partial charge in [0.05, 0.1) is 11.9 Å². The highest BCUT2D eigenvalue weighted by Gasteiger charge is 2.19. The summed E-state index contributed by atoms with van der Waals surface area (Å²) < 4.78 is 25.9. The monoisotopic (exact) mass is 490 g/mol. The summed E-state index contributed by atoms with van der Waals surface area (Å²) in [4.78, 5) is 24.3. The molecule has 9 nitrogen and oxygen atoms in total. The summed E-state index contributed by atoms with van der Waals surface area (Å²) in [6.45, 7) is 7.56. The fourth-order valence-corrected chi connectivity index (χ4v) is 3.70. The second-order valence-electron chi connectivity index (χ2n) is 8.52. The Balaban J connectivity index is 0.000000739. The van der Waals surface area contributed by atoms with Gasteiger partial charge in [-0.2, -0.15) is 13.5 Å². The average molecular weight is 491 g/mol. The summed E-state index contributed by atoms with van der Waals surface area (Å²) >= 11 is 0. The molecule has 0 aliphatic heterocycles. The predicted octanol–water partition coefficient (Wildman–Crippen LogP) is 3.09. The number of carbonyl (C=O) groups is 1. The van der Waals surface area contributed by atoms with E-state index in [4.69, 9.17) is 4.55 Å². The smallest absolute Gasteiger partial charge is 0.267 e. The van der Waals surface area contributed by atoms with Crippen LogP contribution in [0.1, 0.15) is 50.2 Å². The van der Waals surface area contributed by atoms with E-state index in [2.05, 4.69) is 27.4 Å². The Kier molecular flexibility index (Phi) is 10.6. The molecule has 0 unspecified atom stereocenters. The van der Waals surface area contributed by atoms with Gasteiger partial charge in [-0.3, -0.25) is 14.1 Å². The van der Waals surface area contributed by atoms with Crippen LogP contribution in [-0.2, 0) is 27.8 Å². The zero-order chi connectivity index (χ0) is 25.1. The first kappa shape index (κ1) is 27.4. The average Bonchev–Trinajstić information content (AvgIpc) is 2.75. The minimum atomic E-state index is -3.67. The maximum Gasteiger partial charge on any atom is 0.267 e. The first-order valence-corrected chi connectivity index (χ1v) is 13.2. The Bertz CT molecular complexity index is 1150. The van der Waals surface area contributed by atoms with Crippen LogP contribution in [0.25, 0.3) is 11.3 Å². The lowest BCUT2D eigenvalue weighted by Gasteiger charge is -2.17. The molecule has 0 atom stereocenters. The number of aromatic amines is 1. The number of hydrogen-bond acceptors (Lipinski definition) is 6. The van der Waals surface area contributed by atoms with E-state index in [1.165, 1.54) is 0 Å². The molecular formula is C24H34N4O5S. The van der Waals surface area contributed by atoms with Crippen molar-refractivity contribution in [1.82, 2.24) is 15.5 Å². The van der Waals surface area contributed by atoms with Crippen LogP contribution in [0.3, 0.4) is 0 Å². The van der Waals surface area contributed by atoms with Crippen molar-refractivity contribution in [3.05, 3.63) is 57.9 Å². The summed E-state index contributed by atoms with van der Waals surface area (Å²) in [5.74, 6) is 0.0125. The van der Waals surface area contributed by atoms with E-state index >= 15 is 0 Å². The van der Waals surface area contributed by atoms with Crippen molar-refractivity contribution in [2.24, 2.45) is 0 Å². The van der Waals surface area contributed by atoms with Crippen molar-refractivity contribution in [2.75, 3.05) is 24.7 Å². The van der Waals surface area contributed by atoms with E-state index in [0.717, 1.165) is 85.3 Å². The van der Waals surface area contributed by atoms with E-state index < -0.39 is 10.1 Å². The molecule has 1 heterocycles. The van der Waals surface area contributed by atoms with Gasteiger partial charge in [0.2, 0.25) is 5.91 Å². The highest BCUT2D eigenvalue weighted by Crippen LogP contribution is 2.29. The van der Waals surface area contributed by atoms with Gasteiger partial charge in [-0.05, 0) is 69.7 Å². The third-order valence-electron chi connectivity index (χ3n) is 5.15. The van der Waals surface area contributed by atoms with E-state index in [1.54, 1.807) is 0 Å². The minimum absolute atomic E-state index is 0.0125. The number of benzene rings is 1. The van der Waals surface area contributed by atoms with Crippen LogP contribution >= 0.6 is 0 Å². The lowest BCUT2D eigenvalue weighted by Crippen LogP contribution is -2.21. The van der Waals surface area contributed by atoms with Gasteiger partial charge in [0.25, 0.3) is 15.7 Å². The van der Waals surface area contributed by atoms with Crippen molar-refractivity contribution in [3.63, 3.8) is 0 Å². The quantitative estimate of drug-likeness (QED) is 0.240. The van der Waals surface area contributed by atoms with Crippen LogP contribution in [0, 0.1) is 0 Å². The molecule has 10 heteroatoms. The van der Waals surface area contributed by atoms with Crippen LogP contribution in [-0.4, -0.2) is 48.4 Å². The Hall–Kier alpha value is -2.82. The Morgan fingerprint density at radius 1 is 1.21 bits per heavy atom. The molecule has 0 fully saturated rings. The van der Waals surface area contributed by atoms with Gasteiger partial charge in [0, 0.05) is 29.8 Å². The number of nitrogens with zero attached hydrogens (tertiary/aromatic N) is 1. The molecule has 4 N–H and O–H groups in total. The third-order valence-corrected chi connectivity index (χ3v) is 5.15. The molecule has 1 aliphatic rings. The third kappa shape index (κ3) is 9.98. The Morgan fingerprint density at radius 2 is 1.88 bits per heavy atom. The number of nitrogens with one attached hydrogen (secondary N) is 3. The van der Waals surface area contributed by atoms with E-state index in [0.29, 0.717) is 12.7 Å². The van der Waals surface area contributed by atoms with Crippen LogP contribution in [0.15, 0.2) is 41.2 Å². The summed E-state index contributed by atoms with van der Waals surface area (Å²) in [5.41, 5.74) is 5.43. The molecule has 2 aromatic rings. The normalized spacial score (nSPS) is 12.8.